The van der Waals surface area contributed by atoms with E-state index >= 15 is 0 Å². The fraction of sp³-hybridized carbons (Fsp3) is 0.889. The van der Waals surface area contributed by atoms with E-state index in [1.165, 1.54) is 0 Å². The van der Waals surface area contributed by atoms with E-state index in [0.29, 0.717) is 19.4 Å². The molecule has 0 heterocycles. The molecule has 0 rings (SSSR count). The highest BCUT2D eigenvalue weighted by atomic mass is 16.4. The molecule has 0 aliphatic carbocycles. The number of aliphatic carboxylic acids is 1. The number of carboxylic acids is 1. The summed E-state index contributed by atoms with van der Waals surface area (Å²) in [7, 11) is 0. The maximum Gasteiger partial charge on any atom is 0.323 e. The molecule has 0 aromatic carbocycles. The predicted octanol–water partition coefficient (Wildman–Crippen LogP) is 0.602. The van der Waals surface area contributed by atoms with E-state index in [1.54, 1.807) is 6.92 Å². The van der Waals surface area contributed by atoms with Gasteiger partial charge in [-0.05, 0) is 26.3 Å². The van der Waals surface area contributed by atoms with Crippen molar-refractivity contribution < 1.29 is 15.0 Å². The quantitative estimate of drug-likeness (QED) is 0.513. The summed E-state index contributed by atoms with van der Waals surface area (Å²) in [6.07, 6.45) is 2.02. The van der Waals surface area contributed by atoms with Crippen molar-refractivity contribution in [1.82, 2.24) is 5.32 Å². The molecule has 0 bridgehead atoms. The van der Waals surface area contributed by atoms with Gasteiger partial charge in [-0.1, -0.05) is 13.3 Å². The number of hydrogen-bond acceptors (Lipinski definition) is 3. The second kappa shape index (κ2) is 5.94. The van der Waals surface area contributed by atoms with Gasteiger partial charge >= 0.3 is 5.97 Å². The van der Waals surface area contributed by atoms with Gasteiger partial charge in [0.15, 0.2) is 0 Å². The minimum atomic E-state index is -0.843. The molecule has 0 aromatic rings. The van der Waals surface area contributed by atoms with Crippen molar-refractivity contribution in [2.75, 3.05) is 13.2 Å². The van der Waals surface area contributed by atoms with Gasteiger partial charge < -0.3 is 15.5 Å². The molecular weight excluding hydrogens is 170 g/mol. The Morgan fingerprint density at radius 2 is 2.15 bits per heavy atom. The van der Waals surface area contributed by atoms with E-state index < -0.39 is 11.5 Å². The molecule has 0 saturated heterocycles. The molecule has 0 radical (unpaired) electrons. The van der Waals surface area contributed by atoms with Crippen LogP contribution in [0.1, 0.15) is 33.1 Å². The molecule has 13 heavy (non-hydrogen) atoms. The SMILES string of the molecule is CCCC(C)(NCCCO)C(=O)O. The number of aliphatic hydroxyl groups is 1. The highest BCUT2D eigenvalue weighted by Crippen LogP contribution is 2.12. The van der Waals surface area contributed by atoms with Gasteiger partial charge in [0.25, 0.3) is 0 Å². The van der Waals surface area contributed by atoms with Crippen LogP contribution in [0.5, 0.6) is 0 Å². The third kappa shape index (κ3) is 4.24. The van der Waals surface area contributed by atoms with Gasteiger partial charge in [-0.25, -0.2) is 0 Å². The number of nitrogens with one attached hydrogen (secondary N) is 1. The second-order valence-electron chi connectivity index (χ2n) is 3.39. The molecule has 0 aliphatic heterocycles. The molecule has 78 valence electrons. The minimum Gasteiger partial charge on any atom is -0.480 e. The summed E-state index contributed by atoms with van der Waals surface area (Å²) < 4.78 is 0. The van der Waals surface area contributed by atoms with Crippen molar-refractivity contribution in [2.24, 2.45) is 0 Å². The highest BCUT2D eigenvalue weighted by Gasteiger charge is 2.30. The number of rotatable bonds is 7. The lowest BCUT2D eigenvalue weighted by Gasteiger charge is -2.25. The normalized spacial score (nSPS) is 15.3. The lowest BCUT2D eigenvalue weighted by atomic mass is 9.96. The van der Waals surface area contributed by atoms with Crippen LogP contribution in [0.3, 0.4) is 0 Å². The van der Waals surface area contributed by atoms with Gasteiger partial charge in [0.2, 0.25) is 0 Å². The molecule has 4 nitrogen and oxygen atoms in total. The van der Waals surface area contributed by atoms with Crippen molar-refractivity contribution in [3.05, 3.63) is 0 Å². The fourth-order valence-electron chi connectivity index (χ4n) is 1.21. The van der Waals surface area contributed by atoms with Crippen molar-refractivity contribution in [1.29, 1.82) is 0 Å². The Morgan fingerprint density at radius 3 is 2.54 bits per heavy atom. The molecular formula is C9H19NO3. The Labute approximate surface area is 79.0 Å². The molecule has 3 N–H and O–H groups in total. The van der Waals surface area contributed by atoms with Gasteiger partial charge in [-0.3, -0.25) is 4.79 Å². The first-order valence-electron chi connectivity index (χ1n) is 4.66. The average molecular weight is 189 g/mol. The molecule has 1 atom stereocenters. The molecule has 0 saturated carbocycles. The zero-order valence-corrected chi connectivity index (χ0v) is 8.34. The zero-order chi connectivity index (χ0) is 10.3. The summed E-state index contributed by atoms with van der Waals surface area (Å²) in [5.41, 5.74) is -0.843. The molecule has 1 unspecified atom stereocenters. The summed E-state index contributed by atoms with van der Waals surface area (Å²) in [5.74, 6) is -0.827. The number of carboxylic acid groups (broad SMARTS) is 1. The smallest absolute Gasteiger partial charge is 0.323 e. The maximum absolute atomic E-state index is 10.9. The Morgan fingerprint density at radius 1 is 1.54 bits per heavy atom. The van der Waals surface area contributed by atoms with Crippen molar-refractivity contribution in [3.63, 3.8) is 0 Å². The van der Waals surface area contributed by atoms with Gasteiger partial charge in [0.05, 0.1) is 0 Å². The lowest BCUT2D eigenvalue weighted by molar-refractivity contribution is -0.144. The largest absolute Gasteiger partial charge is 0.480 e. The second-order valence-corrected chi connectivity index (χ2v) is 3.39. The maximum atomic E-state index is 10.9. The first kappa shape index (κ1) is 12.4. The third-order valence-electron chi connectivity index (χ3n) is 2.07. The van der Waals surface area contributed by atoms with E-state index in [-0.39, 0.29) is 6.61 Å². The average Bonchev–Trinajstić information content (AvgIpc) is 2.05. The lowest BCUT2D eigenvalue weighted by Crippen LogP contribution is -2.49. The van der Waals surface area contributed by atoms with Crippen LogP contribution in [-0.4, -0.2) is 34.9 Å². The summed E-state index contributed by atoms with van der Waals surface area (Å²) in [5, 5.41) is 20.4. The summed E-state index contributed by atoms with van der Waals surface area (Å²) in [4.78, 5) is 10.9. The van der Waals surface area contributed by atoms with Crippen LogP contribution < -0.4 is 5.32 Å². The van der Waals surface area contributed by atoms with Crippen LogP contribution in [-0.2, 0) is 4.79 Å². The van der Waals surface area contributed by atoms with Gasteiger partial charge in [0, 0.05) is 6.61 Å². The molecule has 0 fully saturated rings. The number of hydrogen-bond donors (Lipinski definition) is 3. The van der Waals surface area contributed by atoms with E-state index in [4.69, 9.17) is 10.2 Å². The van der Waals surface area contributed by atoms with Crippen molar-refractivity contribution in [2.45, 2.75) is 38.6 Å². The van der Waals surface area contributed by atoms with Crippen LogP contribution in [0, 0.1) is 0 Å². The van der Waals surface area contributed by atoms with Gasteiger partial charge in [0.1, 0.15) is 5.54 Å². The predicted molar refractivity (Wildman–Crippen MR) is 50.7 cm³/mol. The number of aliphatic hydroxyl groups excluding tert-OH is 1. The van der Waals surface area contributed by atoms with Gasteiger partial charge in [-0.2, -0.15) is 0 Å². The van der Waals surface area contributed by atoms with E-state index in [1.807, 2.05) is 6.92 Å². The topological polar surface area (TPSA) is 69.6 Å². The molecule has 0 aromatic heterocycles. The Bertz CT molecular complexity index is 161. The first-order chi connectivity index (χ1) is 6.06. The van der Waals surface area contributed by atoms with Crippen molar-refractivity contribution in [3.8, 4) is 0 Å². The third-order valence-corrected chi connectivity index (χ3v) is 2.07. The van der Waals surface area contributed by atoms with E-state index in [2.05, 4.69) is 5.32 Å². The van der Waals surface area contributed by atoms with Gasteiger partial charge in [-0.15, -0.1) is 0 Å². The van der Waals surface area contributed by atoms with E-state index in [9.17, 15) is 4.79 Å². The molecule has 0 spiro atoms. The molecule has 4 heteroatoms. The van der Waals surface area contributed by atoms with E-state index in [0.717, 1.165) is 6.42 Å². The van der Waals surface area contributed by atoms with Crippen molar-refractivity contribution >= 4 is 5.97 Å². The van der Waals surface area contributed by atoms with Crippen LogP contribution in [0.4, 0.5) is 0 Å². The number of carbonyl (C=O) groups is 1. The highest BCUT2D eigenvalue weighted by molar-refractivity contribution is 5.78. The summed E-state index contributed by atoms with van der Waals surface area (Å²) >= 11 is 0. The Hall–Kier alpha value is -0.610. The first-order valence-corrected chi connectivity index (χ1v) is 4.66. The molecule has 0 aliphatic rings. The zero-order valence-electron chi connectivity index (χ0n) is 8.34. The van der Waals surface area contributed by atoms with Crippen LogP contribution in [0.25, 0.3) is 0 Å². The Balaban J connectivity index is 4.00. The minimum absolute atomic E-state index is 0.0921. The monoisotopic (exact) mass is 189 g/mol. The van der Waals surface area contributed by atoms with Crippen LogP contribution >= 0.6 is 0 Å². The summed E-state index contributed by atoms with van der Waals surface area (Å²) in [6.45, 7) is 4.26. The summed E-state index contributed by atoms with van der Waals surface area (Å²) in [6, 6.07) is 0. The molecule has 0 amide bonds. The standard InChI is InChI=1S/C9H19NO3/c1-3-5-9(2,8(12)13)10-6-4-7-11/h10-11H,3-7H2,1-2H3,(H,12,13). The van der Waals surface area contributed by atoms with Crippen LogP contribution in [0.2, 0.25) is 0 Å². The van der Waals surface area contributed by atoms with Crippen LogP contribution in [0.15, 0.2) is 0 Å². The fourth-order valence-corrected chi connectivity index (χ4v) is 1.21. The Kier molecular flexibility index (Phi) is 5.66.